The molecule has 1 saturated heterocycles. The van der Waals surface area contributed by atoms with Gasteiger partial charge in [0.25, 0.3) is 0 Å². The van der Waals surface area contributed by atoms with Gasteiger partial charge >= 0.3 is 0 Å². The Hall–Kier alpha value is -2.99. The van der Waals surface area contributed by atoms with Gasteiger partial charge < -0.3 is 15.7 Å². The summed E-state index contributed by atoms with van der Waals surface area (Å²) in [7, 11) is 0. The summed E-state index contributed by atoms with van der Waals surface area (Å²) in [6.45, 7) is 0.570. The molecule has 0 spiro atoms. The van der Waals surface area contributed by atoms with Gasteiger partial charge in [-0.1, -0.05) is 24.3 Å². The summed E-state index contributed by atoms with van der Waals surface area (Å²) in [5.41, 5.74) is 5.78. The molecule has 134 valence electrons. The molecule has 1 aliphatic heterocycles. The van der Waals surface area contributed by atoms with Crippen LogP contribution in [0.4, 0.5) is 4.39 Å². The molecule has 0 saturated carbocycles. The monoisotopic (exact) mass is 354 g/mol. The molecule has 1 heterocycles. The number of aliphatic hydroxyl groups is 1. The minimum atomic E-state index is -1.17. The molecule has 0 aliphatic carbocycles. The fourth-order valence-electron chi connectivity index (χ4n) is 3.01. The third-order valence-corrected chi connectivity index (χ3v) is 4.55. The number of nitrogens with two attached hydrogens (primary N) is 1. The highest BCUT2D eigenvalue weighted by Gasteiger charge is 2.39. The van der Waals surface area contributed by atoms with E-state index < -0.39 is 11.5 Å². The Kier molecular flexibility index (Phi) is 4.86. The molecule has 5 nitrogen and oxygen atoms in total. The predicted octanol–water partition coefficient (Wildman–Crippen LogP) is 2.06. The first-order chi connectivity index (χ1) is 12.4. The van der Waals surface area contributed by atoms with Gasteiger partial charge in [-0.2, -0.15) is 0 Å². The standard InChI is InChI=1S/C20H19FN2O3/c21-17-8-6-16(7-9-17)20(26)11-12-23(13-20)18(24)10-3-14-1-4-15(5-2-14)19(22)25/h1-10,26H,11-13H2,(H2,22,25)/b10-3+. The number of halogens is 1. The van der Waals surface area contributed by atoms with E-state index in [2.05, 4.69) is 0 Å². The van der Waals surface area contributed by atoms with Crippen molar-refractivity contribution in [3.8, 4) is 0 Å². The second-order valence-electron chi connectivity index (χ2n) is 6.37. The number of hydrogen-bond acceptors (Lipinski definition) is 3. The van der Waals surface area contributed by atoms with E-state index in [0.29, 0.717) is 24.1 Å². The largest absolute Gasteiger partial charge is 0.383 e. The van der Waals surface area contributed by atoms with Gasteiger partial charge in [0.2, 0.25) is 11.8 Å². The number of benzene rings is 2. The summed E-state index contributed by atoms with van der Waals surface area (Å²) in [5, 5.41) is 10.8. The molecular formula is C20H19FN2O3. The van der Waals surface area contributed by atoms with Gasteiger partial charge in [0.05, 0.1) is 6.54 Å². The molecule has 2 aromatic rings. The highest BCUT2D eigenvalue weighted by molar-refractivity contribution is 5.94. The van der Waals surface area contributed by atoms with E-state index in [4.69, 9.17) is 5.73 Å². The Bertz CT molecular complexity index is 846. The minimum absolute atomic E-state index is 0.155. The van der Waals surface area contributed by atoms with Crippen LogP contribution >= 0.6 is 0 Å². The lowest BCUT2D eigenvalue weighted by Gasteiger charge is -2.23. The third kappa shape index (κ3) is 3.81. The Morgan fingerprint density at radius 3 is 2.38 bits per heavy atom. The van der Waals surface area contributed by atoms with Crippen LogP contribution in [0.25, 0.3) is 6.08 Å². The SMILES string of the molecule is NC(=O)c1ccc(/C=C/C(=O)N2CCC(O)(c3ccc(F)cc3)C2)cc1. The van der Waals surface area contributed by atoms with Crippen LogP contribution in [0.5, 0.6) is 0 Å². The number of rotatable bonds is 4. The van der Waals surface area contributed by atoms with Crippen LogP contribution in [-0.4, -0.2) is 34.9 Å². The van der Waals surface area contributed by atoms with Gasteiger partial charge in [0, 0.05) is 18.2 Å². The molecule has 3 N–H and O–H groups in total. The zero-order valence-corrected chi connectivity index (χ0v) is 14.1. The Balaban J connectivity index is 1.65. The van der Waals surface area contributed by atoms with E-state index in [0.717, 1.165) is 5.56 Å². The number of carbonyl (C=O) groups is 2. The van der Waals surface area contributed by atoms with Gasteiger partial charge in [-0.05, 0) is 47.9 Å². The number of likely N-dealkylation sites (tertiary alicyclic amines) is 1. The van der Waals surface area contributed by atoms with Crippen molar-refractivity contribution in [3.63, 3.8) is 0 Å². The molecule has 1 fully saturated rings. The number of carbonyl (C=O) groups excluding carboxylic acids is 2. The molecule has 6 heteroatoms. The van der Waals surface area contributed by atoms with Crippen LogP contribution in [0.3, 0.4) is 0 Å². The smallest absolute Gasteiger partial charge is 0.248 e. The van der Waals surface area contributed by atoms with E-state index in [-0.39, 0.29) is 18.3 Å². The fourth-order valence-corrected chi connectivity index (χ4v) is 3.01. The number of amides is 2. The summed E-state index contributed by atoms with van der Waals surface area (Å²) >= 11 is 0. The van der Waals surface area contributed by atoms with E-state index in [1.165, 1.54) is 18.2 Å². The zero-order valence-electron chi connectivity index (χ0n) is 14.1. The molecule has 1 unspecified atom stereocenters. The molecule has 26 heavy (non-hydrogen) atoms. The Morgan fingerprint density at radius 2 is 1.77 bits per heavy atom. The summed E-state index contributed by atoms with van der Waals surface area (Å²) in [4.78, 5) is 25.0. The summed E-state index contributed by atoms with van der Waals surface area (Å²) < 4.78 is 13.1. The van der Waals surface area contributed by atoms with E-state index in [1.54, 1.807) is 47.4 Å². The first-order valence-electron chi connectivity index (χ1n) is 8.23. The maximum Gasteiger partial charge on any atom is 0.248 e. The minimum Gasteiger partial charge on any atom is -0.383 e. The summed E-state index contributed by atoms with van der Waals surface area (Å²) in [6, 6.07) is 12.3. The number of β-amino-alcohol motifs (C(OH)–C–C–N with tert-alkyl or cyclic N) is 1. The van der Waals surface area contributed by atoms with Crippen LogP contribution < -0.4 is 5.73 Å². The molecule has 0 bridgehead atoms. The van der Waals surface area contributed by atoms with Gasteiger partial charge in [0.1, 0.15) is 11.4 Å². The zero-order chi connectivity index (χ0) is 18.7. The second-order valence-corrected chi connectivity index (χ2v) is 6.37. The molecule has 0 radical (unpaired) electrons. The maximum absolute atomic E-state index is 13.1. The first-order valence-corrected chi connectivity index (χ1v) is 8.23. The van der Waals surface area contributed by atoms with Crippen LogP contribution in [0, 0.1) is 5.82 Å². The number of nitrogens with zero attached hydrogens (tertiary/aromatic N) is 1. The van der Waals surface area contributed by atoms with E-state index in [1.807, 2.05) is 0 Å². The van der Waals surface area contributed by atoms with Gasteiger partial charge in [-0.25, -0.2) is 4.39 Å². The normalized spacial score (nSPS) is 19.8. The predicted molar refractivity (Wildman–Crippen MR) is 95.5 cm³/mol. The van der Waals surface area contributed by atoms with Crippen LogP contribution in [-0.2, 0) is 10.4 Å². The topological polar surface area (TPSA) is 83.6 Å². The third-order valence-electron chi connectivity index (χ3n) is 4.55. The van der Waals surface area contributed by atoms with Crippen molar-refractivity contribution in [3.05, 3.63) is 77.1 Å². The van der Waals surface area contributed by atoms with Crippen LogP contribution in [0.15, 0.2) is 54.6 Å². The highest BCUT2D eigenvalue weighted by Crippen LogP contribution is 2.32. The average Bonchev–Trinajstić information content (AvgIpc) is 3.04. The first kappa shape index (κ1) is 17.8. The lowest BCUT2D eigenvalue weighted by Crippen LogP contribution is -2.33. The van der Waals surface area contributed by atoms with E-state index >= 15 is 0 Å². The molecular weight excluding hydrogens is 335 g/mol. The second kappa shape index (κ2) is 7.09. The summed E-state index contributed by atoms with van der Waals surface area (Å²) in [6.07, 6.45) is 3.46. The van der Waals surface area contributed by atoms with Crippen molar-refractivity contribution in [1.29, 1.82) is 0 Å². The van der Waals surface area contributed by atoms with Crippen molar-refractivity contribution in [1.82, 2.24) is 4.90 Å². The van der Waals surface area contributed by atoms with Crippen LogP contribution in [0.2, 0.25) is 0 Å². The average molecular weight is 354 g/mol. The lowest BCUT2D eigenvalue weighted by atomic mass is 9.93. The van der Waals surface area contributed by atoms with Crippen molar-refractivity contribution in [2.75, 3.05) is 13.1 Å². The molecule has 0 aromatic heterocycles. The number of hydrogen-bond donors (Lipinski definition) is 2. The fraction of sp³-hybridized carbons (Fsp3) is 0.200. The molecule has 3 rings (SSSR count). The van der Waals surface area contributed by atoms with Crippen molar-refractivity contribution in [2.24, 2.45) is 5.73 Å². The Labute approximate surface area is 150 Å². The van der Waals surface area contributed by atoms with Crippen molar-refractivity contribution >= 4 is 17.9 Å². The highest BCUT2D eigenvalue weighted by atomic mass is 19.1. The summed E-state index contributed by atoms with van der Waals surface area (Å²) in [5.74, 6) is -1.09. The van der Waals surface area contributed by atoms with Crippen molar-refractivity contribution in [2.45, 2.75) is 12.0 Å². The molecule has 1 aliphatic rings. The molecule has 2 aromatic carbocycles. The Morgan fingerprint density at radius 1 is 1.12 bits per heavy atom. The quantitative estimate of drug-likeness (QED) is 0.825. The number of primary amides is 1. The van der Waals surface area contributed by atoms with Crippen molar-refractivity contribution < 1.29 is 19.1 Å². The lowest BCUT2D eigenvalue weighted by molar-refractivity contribution is -0.126. The van der Waals surface area contributed by atoms with Gasteiger partial charge in [-0.3, -0.25) is 9.59 Å². The molecule has 1 atom stereocenters. The van der Waals surface area contributed by atoms with Crippen LogP contribution in [0.1, 0.15) is 27.9 Å². The van der Waals surface area contributed by atoms with E-state index in [9.17, 15) is 19.1 Å². The van der Waals surface area contributed by atoms with Gasteiger partial charge in [0.15, 0.2) is 0 Å². The maximum atomic E-state index is 13.1. The molecule has 2 amide bonds. The van der Waals surface area contributed by atoms with Gasteiger partial charge in [-0.15, -0.1) is 0 Å².